The normalized spacial score (nSPS) is 17.7. The first-order chi connectivity index (χ1) is 9.00. The summed E-state index contributed by atoms with van der Waals surface area (Å²) in [5, 5.41) is 3.08. The van der Waals surface area contributed by atoms with Crippen molar-refractivity contribution in [3.05, 3.63) is 23.9 Å². The molecule has 0 aliphatic carbocycles. The number of nitrogens with one attached hydrogen (secondary N) is 1. The van der Waals surface area contributed by atoms with E-state index in [1.54, 1.807) is 0 Å². The monoisotopic (exact) mass is 284 g/mol. The first-order valence-corrected chi connectivity index (χ1v) is 8.15. The maximum absolute atomic E-state index is 11.4. The van der Waals surface area contributed by atoms with Crippen LogP contribution in [0.25, 0.3) is 0 Å². The molecule has 1 aliphatic rings. The van der Waals surface area contributed by atoms with E-state index in [9.17, 15) is 8.42 Å². The zero-order valence-corrected chi connectivity index (χ0v) is 12.2. The predicted molar refractivity (Wildman–Crippen MR) is 75.6 cm³/mol. The van der Waals surface area contributed by atoms with Gasteiger partial charge in [-0.3, -0.25) is 0 Å². The van der Waals surface area contributed by atoms with Crippen LogP contribution >= 0.6 is 0 Å². The molecule has 1 aliphatic heterocycles. The number of nitrogens with zero attached hydrogens (tertiary/aromatic N) is 3. The molecule has 106 valence electrons. The standard InChI is InChI=1S/C12H20N4O2S/c1-13-9-11-3-4-12(14-10-11)15-5-7-16(8-6-15)19(2,17)18/h3-4,10,13H,5-9H2,1-2H3. The fraction of sp³-hybridized carbons (Fsp3) is 0.583. The number of aromatic nitrogens is 1. The molecule has 0 spiro atoms. The molecule has 7 heteroatoms. The Labute approximate surface area is 114 Å². The van der Waals surface area contributed by atoms with Crippen LogP contribution in [0.2, 0.25) is 0 Å². The summed E-state index contributed by atoms with van der Waals surface area (Å²) in [7, 11) is -1.17. The Morgan fingerprint density at radius 3 is 2.42 bits per heavy atom. The Balaban J connectivity index is 1.97. The first kappa shape index (κ1) is 14.2. The third kappa shape index (κ3) is 3.65. The minimum absolute atomic E-state index is 0.527. The lowest BCUT2D eigenvalue weighted by Gasteiger charge is -2.34. The van der Waals surface area contributed by atoms with E-state index in [0.717, 1.165) is 17.9 Å². The molecule has 6 nitrogen and oxygen atoms in total. The molecule has 1 N–H and O–H groups in total. The molecule has 1 fully saturated rings. The van der Waals surface area contributed by atoms with Gasteiger partial charge >= 0.3 is 0 Å². The minimum atomic E-state index is -3.07. The van der Waals surface area contributed by atoms with Gasteiger partial charge in [-0.15, -0.1) is 0 Å². The summed E-state index contributed by atoms with van der Waals surface area (Å²) < 4.78 is 24.4. The zero-order chi connectivity index (χ0) is 13.9. The van der Waals surface area contributed by atoms with Crippen LogP contribution in [0.1, 0.15) is 5.56 Å². The molecule has 0 bridgehead atoms. The van der Waals surface area contributed by atoms with E-state index in [0.29, 0.717) is 26.2 Å². The Morgan fingerprint density at radius 2 is 1.95 bits per heavy atom. The topological polar surface area (TPSA) is 65.5 Å². The Hall–Kier alpha value is -1.18. The van der Waals surface area contributed by atoms with Gasteiger partial charge in [0.05, 0.1) is 6.26 Å². The number of hydrogen-bond acceptors (Lipinski definition) is 5. The van der Waals surface area contributed by atoms with Crippen molar-refractivity contribution in [3.63, 3.8) is 0 Å². The fourth-order valence-electron chi connectivity index (χ4n) is 2.16. The highest BCUT2D eigenvalue weighted by molar-refractivity contribution is 7.88. The molecule has 0 aromatic carbocycles. The molecule has 2 rings (SSSR count). The van der Waals surface area contributed by atoms with Gasteiger partial charge in [-0.2, -0.15) is 4.31 Å². The van der Waals surface area contributed by atoms with Crippen LogP contribution in [-0.4, -0.2) is 57.2 Å². The molecular weight excluding hydrogens is 264 g/mol. The van der Waals surface area contributed by atoms with Crippen molar-refractivity contribution >= 4 is 15.8 Å². The highest BCUT2D eigenvalue weighted by Crippen LogP contribution is 2.15. The number of pyridine rings is 1. The second-order valence-electron chi connectivity index (χ2n) is 4.70. The predicted octanol–water partition coefficient (Wildman–Crippen LogP) is -0.117. The van der Waals surface area contributed by atoms with E-state index in [1.165, 1.54) is 10.6 Å². The molecule has 2 heterocycles. The number of hydrogen-bond donors (Lipinski definition) is 1. The van der Waals surface area contributed by atoms with Crippen LogP contribution in [0.3, 0.4) is 0 Å². The largest absolute Gasteiger partial charge is 0.354 e. The highest BCUT2D eigenvalue weighted by atomic mass is 32.2. The summed E-state index contributed by atoms with van der Waals surface area (Å²) in [6, 6.07) is 4.03. The molecule has 0 atom stereocenters. The van der Waals surface area contributed by atoms with Gasteiger partial charge in [0, 0.05) is 38.9 Å². The molecule has 0 unspecified atom stereocenters. The molecule has 1 aromatic rings. The SMILES string of the molecule is CNCc1ccc(N2CCN(S(C)(=O)=O)CC2)nc1. The summed E-state index contributed by atoms with van der Waals surface area (Å²) in [6.07, 6.45) is 3.11. The van der Waals surface area contributed by atoms with Crippen molar-refractivity contribution < 1.29 is 8.42 Å². The zero-order valence-electron chi connectivity index (χ0n) is 11.3. The van der Waals surface area contributed by atoms with Crippen molar-refractivity contribution in [3.8, 4) is 0 Å². The van der Waals surface area contributed by atoms with Crippen molar-refractivity contribution in [1.82, 2.24) is 14.6 Å². The average molecular weight is 284 g/mol. The molecular formula is C12H20N4O2S. The Kier molecular flexibility index (Phi) is 4.38. The van der Waals surface area contributed by atoms with Gasteiger partial charge in [0.2, 0.25) is 10.0 Å². The van der Waals surface area contributed by atoms with Crippen molar-refractivity contribution in [2.45, 2.75) is 6.54 Å². The van der Waals surface area contributed by atoms with Crippen molar-refractivity contribution in [2.75, 3.05) is 44.4 Å². The van der Waals surface area contributed by atoms with E-state index < -0.39 is 10.0 Å². The molecule has 1 aromatic heterocycles. The maximum Gasteiger partial charge on any atom is 0.211 e. The molecule has 1 saturated heterocycles. The minimum Gasteiger partial charge on any atom is -0.354 e. The summed E-state index contributed by atoms with van der Waals surface area (Å²) >= 11 is 0. The second-order valence-corrected chi connectivity index (χ2v) is 6.69. The summed E-state index contributed by atoms with van der Waals surface area (Å²) in [4.78, 5) is 6.54. The van der Waals surface area contributed by atoms with E-state index in [2.05, 4.69) is 15.2 Å². The second kappa shape index (κ2) is 5.85. The molecule has 0 radical (unpaired) electrons. The lowest BCUT2D eigenvalue weighted by Crippen LogP contribution is -2.48. The van der Waals surface area contributed by atoms with Gasteiger partial charge in [0.15, 0.2) is 0 Å². The third-order valence-corrected chi connectivity index (χ3v) is 4.52. The van der Waals surface area contributed by atoms with Crippen LogP contribution in [0.5, 0.6) is 0 Å². The Morgan fingerprint density at radius 1 is 1.26 bits per heavy atom. The molecule has 0 amide bonds. The lowest BCUT2D eigenvalue weighted by molar-refractivity contribution is 0.387. The summed E-state index contributed by atoms with van der Waals surface area (Å²) in [5.41, 5.74) is 1.14. The van der Waals surface area contributed by atoms with Crippen molar-refractivity contribution in [1.29, 1.82) is 0 Å². The quantitative estimate of drug-likeness (QED) is 0.835. The van der Waals surface area contributed by atoms with E-state index in [1.807, 2.05) is 25.4 Å². The first-order valence-electron chi connectivity index (χ1n) is 6.30. The van der Waals surface area contributed by atoms with Crippen LogP contribution in [0, 0.1) is 0 Å². The molecule has 0 saturated carbocycles. The van der Waals surface area contributed by atoms with Gasteiger partial charge in [-0.05, 0) is 18.7 Å². The highest BCUT2D eigenvalue weighted by Gasteiger charge is 2.23. The van der Waals surface area contributed by atoms with E-state index >= 15 is 0 Å². The fourth-order valence-corrected chi connectivity index (χ4v) is 2.99. The van der Waals surface area contributed by atoms with E-state index in [4.69, 9.17) is 0 Å². The smallest absolute Gasteiger partial charge is 0.211 e. The van der Waals surface area contributed by atoms with Gasteiger partial charge in [-0.1, -0.05) is 6.07 Å². The summed E-state index contributed by atoms with van der Waals surface area (Å²) in [5.74, 6) is 0.910. The van der Waals surface area contributed by atoms with Gasteiger partial charge in [-0.25, -0.2) is 13.4 Å². The number of sulfonamides is 1. The van der Waals surface area contributed by atoms with Gasteiger partial charge in [0.25, 0.3) is 0 Å². The van der Waals surface area contributed by atoms with Crippen LogP contribution < -0.4 is 10.2 Å². The van der Waals surface area contributed by atoms with Crippen LogP contribution in [-0.2, 0) is 16.6 Å². The Bertz CT molecular complexity index is 507. The van der Waals surface area contributed by atoms with Crippen molar-refractivity contribution in [2.24, 2.45) is 0 Å². The number of rotatable bonds is 4. The average Bonchev–Trinajstić information content (AvgIpc) is 2.39. The summed E-state index contributed by atoms with van der Waals surface area (Å²) in [6.45, 7) is 3.23. The number of piperazine rings is 1. The lowest BCUT2D eigenvalue weighted by atomic mass is 10.2. The number of anilines is 1. The van der Waals surface area contributed by atoms with Crippen LogP contribution in [0.15, 0.2) is 18.3 Å². The van der Waals surface area contributed by atoms with E-state index in [-0.39, 0.29) is 0 Å². The molecule has 19 heavy (non-hydrogen) atoms. The maximum atomic E-state index is 11.4. The van der Waals surface area contributed by atoms with Crippen LogP contribution in [0.4, 0.5) is 5.82 Å². The third-order valence-electron chi connectivity index (χ3n) is 3.22. The van der Waals surface area contributed by atoms with Gasteiger partial charge in [0.1, 0.15) is 5.82 Å². The van der Waals surface area contributed by atoms with Gasteiger partial charge < -0.3 is 10.2 Å².